The molecular formula is C18H17N5OS. The van der Waals surface area contributed by atoms with Gasteiger partial charge in [-0.1, -0.05) is 36.9 Å². The maximum atomic E-state index is 12.8. The van der Waals surface area contributed by atoms with Gasteiger partial charge in [-0.05, 0) is 24.6 Å². The van der Waals surface area contributed by atoms with E-state index >= 15 is 0 Å². The van der Waals surface area contributed by atoms with Crippen molar-refractivity contribution in [3.05, 3.63) is 64.9 Å². The first-order valence-electron chi connectivity index (χ1n) is 8.17. The zero-order chi connectivity index (χ0) is 17.2. The minimum Gasteiger partial charge on any atom is -0.298 e. The molecule has 2 aliphatic rings. The smallest absolute Gasteiger partial charge is 0.276 e. The van der Waals surface area contributed by atoms with Crippen LogP contribution in [-0.4, -0.2) is 26.8 Å². The van der Waals surface area contributed by atoms with Crippen molar-refractivity contribution in [1.29, 1.82) is 0 Å². The number of benzene rings is 1. The van der Waals surface area contributed by atoms with E-state index in [4.69, 9.17) is 4.99 Å². The molecule has 0 saturated heterocycles. The number of hydrogen-bond donors (Lipinski definition) is 1. The highest BCUT2D eigenvalue weighted by Gasteiger charge is 2.34. The molecule has 3 heterocycles. The number of aromatic nitrogens is 1. The first-order chi connectivity index (χ1) is 12.3. The van der Waals surface area contributed by atoms with Gasteiger partial charge in [0.2, 0.25) is 0 Å². The van der Waals surface area contributed by atoms with Gasteiger partial charge in [0, 0.05) is 28.9 Å². The lowest BCUT2D eigenvalue weighted by molar-refractivity contribution is -0.116. The van der Waals surface area contributed by atoms with Gasteiger partial charge in [0.1, 0.15) is 5.70 Å². The molecule has 1 N–H and O–H groups in total. The number of amides is 1. The second-order valence-electron chi connectivity index (χ2n) is 5.70. The molecule has 2 aromatic rings. The summed E-state index contributed by atoms with van der Waals surface area (Å²) in [5.41, 5.74) is 1.48. The summed E-state index contributed by atoms with van der Waals surface area (Å²) in [6, 6.07) is 11.5. The molecule has 0 radical (unpaired) electrons. The summed E-state index contributed by atoms with van der Waals surface area (Å²) in [7, 11) is 0. The summed E-state index contributed by atoms with van der Waals surface area (Å²) >= 11 is 1.54. The SMILES string of the molecule is CCCSC1=NN2C(=c3ccccc3=N[C@@H]2c2ccncc2)C(=O)N1. The predicted molar refractivity (Wildman–Crippen MR) is 97.8 cm³/mol. The minimum atomic E-state index is -0.379. The Bertz CT molecular complexity index is 957. The van der Waals surface area contributed by atoms with Crippen molar-refractivity contribution in [3.8, 4) is 0 Å². The minimum absolute atomic E-state index is 0.144. The first-order valence-corrected chi connectivity index (χ1v) is 9.15. The van der Waals surface area contributed by atoms with Gasteiger partial charge in [0.05, 0.1) is 5.36 Å². The maximum absolute atomic E-state index is 12.8. The fraction of sp³-hybridized carbons (Fsp3) is 0.222. The highest BCUT2D eigenvalue weighted by Crippen LogP contribution is 2.30. The molecule has 1 aromatic carbocycles. The summed E-state index contributed by atoms with van der Waals surface area (Å²) in [6.07, 6.45) is 4.09. The number of para-hydroxylation sites is 1. The van der Waals surface area contributed by atoms with Gasteiger partial charge in [-0.3, -0.25) is 20.1 Å². The van der Waals surface area contributed by atoms with Gasteiger partial charge in [-0.2, -0.15) is 0 Å². The lowest BCUT2D eigenvalue weighted by Gasteiger charge is -2.34. The average Bonchev–Trinajstić information content (AvgIpc) is 2.66. The van der Waals surface area contributed by atoms with Crippen LogP contribution >= 0.6 is 11.8 Å². The van der Waals surface area contributed by atoms with E-state index in [9.17, 15) is 4.79 Å². The highest BCUT2D eigenvalue weighted by molar-refractivity contribution is 8.13. The number of nitrogens with zero attached hydrogens (tertiary/aromatic N) is 4. The van der Waals surface area contributed by atoms with Crippen molar-refractivity contribution in [2.24, 2.45) is 10.1 Å². The molecule has 0 aliphatic carbocycles. The van der Waals surface area contributed by atoms with Crippen LogP contribution in [0.15, 0.2) is 58.9 Å². The zero-order valence-corrected chi connectivity index (χ0v) is 14.5. The summed E-state index contributed by atoms with van der Waals surface area (Å²) in [5.74, 6) is 0.755. The van der Waals surface area contributed by atoms with E-state index in [2.05, 4.69) is 22.3 Å². The Kier molecular flexibility index (Phi) is 4.23. The van der Waals surface area contributed by atoms with E-state index in [1.54, 1.807) is 29.2 Å². The number of carbonyl (C=O) groups excluding carboxylic acids is 1. The third-order valence-corrected chi connectivity index (χ3v) is 5.03. The Morgan fingerprint density at radius 2 is 2.00 bits per heavy atom. The molecule has 2 aliphatic heterocycles. The molecule has 0 bridgehead atoms. The van der Waals surface area contributed by atoms with E-state index in [-0.39, 0.29) is 12.1 Å². The van der Waals surface area contributed by atoms with Crippen LogP contribution in [0.4, 0.5) is 0 Å². The molecule has 25 heavy (non-hydrogen) atoms. The van der Waals surface area contributed by atoms with Gasteiger partial charge in [-0.15, -0.1) is 5.10 Å². The molecule has 6 nitrogen and oxygen atoms in total. The lowest BCUT2D eigenvalue weighted by atomic mass is 10.1. The molecule has 4 rings (SSSR count). The largest absolute Gasteiger partial charge is 0.298 e. The number of fused-ring (bicyclic) bond motifs is 2. The van der Waals surface area contributed by atoms with Crippen LogP contribution in [0.2, 0.25) is 0 Å². The summed E-state index contributed by atoms with van der Waals surface area (Å²) in [6.45, 7) is 2.10. The summed E-state index contributed by atoms with van der Waals surface area (Å²) < 4.78 is 0. The molecule has 0 spiro atoms. The van der Waals surface area contributed by atoms with Crippen LogP contribution in [-0.2, 0) is 4.79 Å². The molecular weight excluding hydrogens is 334 g/mol. The number of hydrogen-bond acceptors (Lipinski definition) is 6. The van der Waals surface area contributed by atoms with E-state index in [1.165, 1.54) is 0 Å². The van der Waals surface area contributed by atoms with Crippen molar-refractivity contribution in [2.45, 2.75) is 19.5 Å². The number of nitrogens with one attached hydrogen (secondary N) is 1. The van der Waals surface area contributed by atoms with E-state index in [1.807, 2.05) is 36.4 Å². The fourth-order valence-corrected chi connectivity index (χ4v) is 3.55. The number of pyridine rings is 1. The standard InChI is InChI=1S/C18H17N5OS/c1-2-11-25-18-21-17(24)15-13-5-3-4-6-14(13)20-16(23(15)22-18)12-7-9-19-10-8-12/h3-10,16H,2,11H2,1H3,(H,21,22,24)/t16-/m0/s1. The average molecular weight is 351 g/mol. The third kappa shape index (κ3) is 2.91. The van der Waals surface area contributed by atoms with Crippen molar-refractivity contribution >= 4 is 28.5 Å². The quantitative estimate of drug-likeness (QED) is 0.907. The van der Waals surface area contributed by atoms with Crippen LogP contribution in [0.25, 0.3) is 5.70 Å². The van der Waals surface area contributed by atoms with Gasteiger partial charge >= 0.3 is 0 Å². The zero-order valence-electron chi connectivity index (χ0n) is 13.7. The van der Waals surface area contributed by atoms with Crippen molar-refractivity contribution in [2.75, 3.05) is 5.75 Å². The molecule has 7 heteroatoms. The van der Waals surface area contributed by atoms with Crippen molar-refractivity contribution in [1.82, 2.24) is 15.3 Å². The molecule has 1 amide bonds. The monoisotopic (exact) mass is 351 g/mol. The van der Waals surface area contributed by atoms with Crippen LogP contribution in [0.1, 0.15) is 25.1 Å². The Hall–Kier alpha value is -2.67. The molecule has 0 unspecified atom stereocenters. The second-order valence-corrected chi connectivity index (χ2v) is 6.79. The summed E-state index contributed by atoms with van der Waals surface area (Å²) in [5, 5.41) is 11.5. The van der Waals surface area contributed by atoms with Crippen LogP contribution in [0, 0.1) is 0 Å². The van der Waals surface area contributed by atoms with E-state index in [0.717, 1.165) is 28.3 Å². The van der Waals surface area contributed by atoms with Gasteiger partial charge < -0.3 is 0 Å². The normalized spacial score (nSPS) is 18.7. The fourth-order valence-electron chi connectivity index (χ4n) is 2.84. The van der Waals surface area contributed by atoms with E-state index < -0.39 is 0 Å². The number of thioether (sulfide) groups is 1. The van der Waals surface area contributed by atoms with Gasteiger partial charge in [-0.25, -0.2) is 5.01 Å². The Morgan fingerprint density at radius 3 is 2.80 bits per heavy atom. The summed E-state index contributed by atoms with van der Waals surface area (Å²) in [4.78, 5) is 21.7. The maximum Gasteiger partial charge on any atom is 0.276 e. The number of rotatable bonds is 3. The first kappa shape index (κ1) is 15.8. The van der Waals surface area contributed by atoms with E-state index in [0.29, 0.717) is 10.9 Å². The van der Waals surface area contributed by atoms with Gasteiger partial charge in [0.15, 0.2) is 11.3 Å². The number of amidine groups is 1. The topological polar surface area (TPSA) is 70.0 Å². The van der Waals surface area contributed by atoms with Crippen LogP contribution in [0.5, 0.6) is 0 Å². The Balaban J connectivity index is 1.90. The Labute approximate surface area is 149 Å². The van der Waals surface area contributed by atoms with Crippen molar-refractivity contribution in [3.63, 3.8) is 0 Å². The lowest BCUT2D eigenvalue weighted by Crippen LogP contribution is -2.50. The molecule has 0 fully saturated rings. The number of hydrazone groups is 1. The van der Waals surface area contributed by atoms with Crippen LogP contribution in [0.3, 0.4) is 0 Å². The predicted octanol–water partition coefficient (Wildman–Crippen LogP) is 1.37. The second kappa shape index (κ2) is 6.68. The van der Waals surface area contributed by atoms with Crippen molar-refractivity contribution < 1.29 is 4.79 Å². The molecule has 0 saturated carbocycles. The van der Waals surface area contributed by atoms with Crippen LogP contribution < -0.4 is 15.9 Å². The highest BCUT2D eigenvalue weighted by atomic mass is 32.2. The Morgan fingerprint density at radius 1 is 1.20 bits per heavy atom. The third-order valence-electron chi connectivity index (χ3n) is 3.96. The molecule has 1 atom stereocenters. The molecule has 1 aromatic heterocycles. The van der Waals surface area contributed by atoms with Gasteiger partial charge in [0.25, 0.3) is 5.91 Å². The number of carbonyl (C=O) groups is 1. The molecule has 126 valence electrons.